The summed E-state index contributed by atoms with van der Waals surface area (Å²) in [6.07, 6.45) is 0. The van der Waals surface area contributed by atoms with Crippen LogP contribution in [0.15, 0.2) is 48.5 Å². The van der Waals surface area contributed by atoms with Gasteiger partial charge >= 0.3 is 0 Å². The highest BCUT2D eigenvalue weighted by Gasteiger charge is 2.14. The van der Waals surface area contributed by atoms with Gasteiger partial charge in [0.15, 0.2) is 5.13 Å². The zero-order valence-corrected chi connectivity index (χ0v) is 18.3. The lowest BCUT2D eigenvalue weighted by Gasteiger charge is -2.08. The number of nitrogens with one attached hydrogen (secondary N) is 2. The van der Waals surface area contributed by atoms with Crippen LogP contribution in [0.3, 0.4) is 0 Å². The summed E-state index contributed by atoms with van der Waals surface area (Å²) in [5.74, 6) is 0.387. The molecule has 30 heavy (non-hydrogen) atoms. The number of nitrogens with zero attached hydrogens (tertiary/aromatic N) is 1. The Labute approximate surface area is 180 Å². The molecule has 0 saturated heterocycles. The molecular weight excluding hydrogens is 398 g/mol. The van der Waals surface area contributed by atoms with Crippen LogP contribution < -0.4 is 15.4 Å². The maximum atomic E-state index is 12.6. The smallest absolute Gasteiger partial charge is 0.257 e. The molecule has 1 heterocycles. The summed E-state index contributed by atoms with van der Waals surface area (Å²) in [5.41, 5.74) is 2.78. The predicted octanol–water partition coefficient (Wildman–Crippen LogP) is 4.91. The number of rotatable bonds is 7. The van der Waals surface area contributed by atoms with Crippen LogP contribution in [-0.4, -0.2) is 29.4 Å². The van der Waals surface area contributed by atoms with Crippen molar-refractivity contribution in [3.8, 4) is 17.0 Å². The third kappa shape index (κ3) is 5.24. The van der Waals surface area contributed by atoms with Crippen molar-refractivity contribution >= 4 is 28.3 Å². The van der Waals surface area contributed by atoms with Crippen LogP contribution in [0.1, 0.15) is 46.4 Å². The Morgan fingerprint density at radius 1 is 1.00 bits per heavy atom. The van der Waals surface area contributed by atoms with E-state index in [-0.39, 0.29) is 17.9 Å². The average molecular weight is 424 g/mol. The summed E-state index contributed by atoms with van der Waals surface area (Å²) < 4.78 is 5.48. The first-order valence-corrected chi connectivity index (χ1v) is 10.6. The van der Waals surface area contributed by atoms with Crippen LogP contribution >= 0.6 is 11.3 Å². The van der Waals surface area contributed by atoms with Gasteiger partial charge in [0.1, 0.15) is 5.75 Å². The van der Waals surface area contributed by atoms with Crippen molar-refractivity contribution in [1.82, 2.24) is 10.3 Å². The number of thiazole rings is 1. The van der Waals surface area contributed by atoms with Gasteiger partial charge in [-0.3, -0.25) is 14.9 Å². The largest absolute Gasteiger partial charge is 0.494 e. The van der Waals surface area contributed by atoms with Crippen molar-refractivity contribution in [3.05, 3.63) is 64.5 Å². The Morgan fingerprint density at radius 2 is 1.60 bits per heavy atom. The van der Waals surface area contributed by atoms with E-state index in [9.17, 15) is 9.59 Å². The maximum Gasteiger partial charge on any atom is 0.257 e. The van der Waals surface area contributed by atoms with E-state index in [1.807, 2.05) is 52.0 Å². The van der Waals surface area contributed by atoms with Gasteiger partial charge in [0.05, 0.1) is 12.3 Å². The normalized spacial score (nSPS) is 10.7. The molecule has 0 aliphatic heterocycles. The Bertz CT molecular complexity index is 1020. The zero-order chi connectivity index (χ0) is 21.7. The second-order valence-corrected chi connectivity index (χ2v) is 8.24. The molecule has 7 heteroatoms. The number of aromatic nitrogens is 1. The molecule has 3 rings (SSSR count). The first-order chi connectivity index (χ1) is 14.4. The maximum absolute atomic E-state index is 12.6. The van der Waals surface area contributed by atoms with Gasteiger partial charge in [0.2, 0.25) is 0 Å². The fourth-order valence-corrected chi connectivity index (χ4v) is 3.71. The fraction of sp³-hybridized carbons (Fsp3) is 0.261. The van der Waals surface area contributed by atoms with Crippen LogP contribution in [0.5, 0.6) is 5.75 Å². The summed E-state index contributed by atoms with van der Waals surface area (Å²) >= 11 is 1.42. The molecule has 6 nitrogen and oxygen atoms in total. The molecule has 3 aromatic rings. The van der Waals surface area contributed by atoms with Crippen molar-refractivity contribution in [2.45, 2.75) is 33.7 Å². The Kier molecular flexibility index (Phi) is 6.84. The molecule has 1 aromatic heterocycles. The van der Waals surface area contributed by atoms with E-state index in [1.165, 1.54) is 11.3 Å². The third-order valence-corrected chi connectivity index (χ3v) is 5.17. The number of aryl methyl sites for hydroxylation is 1. The number of amides is 2. The van der Waals surface area contributed by atoms with E-state index in [4.69, 9.17) is 4.74 Å². The Balaban J connectivity index is 1.70. The summed E-state index contributed by atoms with van der Waals surface area (Å²) in [5, 5.41) is 6.20. The van der Waals surface area contributed by atoms with Crippen LogP contribution in [0.25, 0.3) is 11.3 Å². The molecule has 0 unspecified atom stereocenters. The predicted molar refractivity (Wildman–Crippen MR) is 120 cm³/mol. The number of benzene rings is 2. The molecule has 0 bridgehead atoms. The summed E-state index contributed by atoms with van der Waals surface area (Å²) in [7, 11) is 0. The van der Waals surface area contributed by atoms with Crippen LogP contribution in [-0.2, 0) is 0 Å². The van der Waals surface area contributed by atoms with Gasteiger partial charge in [-0.15, -0.1) is 11.3 Å². The topological polar surface area (TPSA) is 80.3 Å². The molecule has 156 valence electrons. The van der Waals surface area contributed by atoms with Crippen LogP contribution in [0.4, 0.5) is 5.13 Å². The zero-order valence-electron chi connectivity index (χ0n) is 17.5. The molecule has 0 aliphatic carbocycles. The monoisotopic (exact) mass is 423 g/mol. The second kappa shape index (κ2) is 9.54. The number of ether oxygens (including phenoxy) is 1. The highest BCUT2D eigenvalue weighted by Crippen LogP contribution is 2.31. The van der Waals surface area contributed by atoms with Crippen LogP contribution in [0.2, 0.25) is 0 Å². The average Bonchev–Trinajstić information content (AvgIpc) is 3.08. The minimum absolute atomic E-state index is 0.0539. The van der Waals surface area contributed by atoms with Gasteiger partial charge in [-0.05, 0) is 76.2 Å². The molecule has 2 aromatic carbocycles. The van der Waals surface area contributed by atoms with Gasteiger partial charge in [0, 0.05) is 27.6 Å². The van der Waals surface area contributed by atoms with E-state index in [1.54, 1.807) is 24.3 Å². The van der Waals surface area contributed by atoms with Crippen molar-refractivity contribution in [2.24, 2.45) is 0 Å². The number of hydrogen-bond donors (Lipinski definition) is 2. The van der Waals surface area contributed by atoms with Crippen molar-refractivity contribution < 1.29 is 14.3 Å². The van der Waals surface area contributed by atoms with E-state index in [2.05, 4.69) is 15.6 Å². The number of carbonyl (C=O) groups excluding carboxylic acids is 2. The van der Waals surface area contributed by atoms with E-state index < -0.39 is 0 Å². The van der Waals surface area contributed by atoms with E-state index in [0.717, 1.165) is 21.9 Å². The minimum Gasteiger partial charge on any atom is -0.494 e. The number of carbonyl (C=O) groups is 2. The molecule has 0 aliphatic rings. The van der Waals surface area contributed by atoms with Crippen molar-refractivity contribution in [1.29, 1.82) is 0 Å². The van der Waals surface area contributed by atoms with Crippen LogP contribution in [0, 0.1) is 6.92 Å². The standard InChI is InChI=1S/C23H25N3O3S/c1-5-29-19-12-10-16(11-13-19)20-15(4)30-23(25-20)26-22(28)18-8-6-17(7-9-18)21(27)24-14(2)3/h6-14H,5H2,1-4H3,(H,24,27)(H,25,26,28). The van der Waals surface area contributed by atoms with E-state index in [0.29, 0.717) is 22.9 Å². The Hall–Kier alpha value is -3.19. The first-order valence-electron chi connectivity index (χ1n) is 9.80. The van der Waals surface area contributed by atoms with Gasteiger partial charge < -0.3 is 10.1 Å². The van der Waals surface area contributed by atoms with Gasteiger partial charge in [0.25, 0.3) is 11.8 Å². The third-order valence-electron chi connectivity index (χ3n) is 4.28. The second-order valence-electron chi connectivity index (χ2n) is 7.04. The molecule has 0 fully saturated rings. The summed E-state index contributed by atoms with van der Waals surface area (Å²) in [6.45, 7) is 8.34. The molecular formula is C23H25N3O3S. The molecule has 2 N–H and O–H groups in total. The first kappa shape index (κ1) is 21.5. The lowest BCUT2D eigenvalue weighted by molar-refractivity contribution is 0.0941. The lowest BCUT2D eigenvalue weighted by atomic mass is 10.1. The highest BCUT2D eigenvalue weighted by molar-refractivity contribution is 7.16. The van der Waals surface area contributed by atoms with Crippen molar-refractivity contribution in [2.75, 3.05) is 11.9 Å². The molecule has 0 atom stereocenters. The molecule has 0 radical (unpaired) electrons. The SMILES string of the molecule is CCOc1ccc(-c2nc(NC(=O)c3ccc(C(=O)NC(C)C)cc3)sc2C)cc1. The van der Waals surface area contributed by atoms with E-state index >= 15 is 0 Å². The van der Waals surface area contributed by atoms with Gasteiger partial charge in [-0.25, -0.2) is 4.98 Å². The van der Waals surface area contributed by atoms with Gasteiger partial charge in [-0.1, -0.05) is 0 Å². The highest BCUT2D eigenvalue weighted by atomic mass is 32.1. The Morgan fingerprint density at radius 3 is 2.17 bits per heavy atom. The molecule has 0 spiro atoms. The molecule has 2 amide bonds. The van der Waals surface area contributed by atoms with Gasteiger partial charge in [-0.2, -0.15) is 0 Å². The minimum atomic E-state index is -0.266. The summed E-state index contributed by atoms with van der Waals surface area (Å²) in [4.78, 5) is 30.2. The fourth-order valence-electron chi connectivity index (χ4n) is 2.88. The van der Waals surface area contributed by atoms with Crippen molar-refractivity contribution in [3.63, 3.8) is 0 Å². The lowest BCUT2D eigenvalue weighted by Crippen LogP contribution is -2.30. The quantitative estimate of drug-likeness (QED) is 0.566. The summed E-state index contributed by atoms with van der Waals surface area (Å²) in [6, 6.07) is 14.4. The number of anilines is 1. The number of hydrogen-bond acceptors (Lipinski definition) is 5. The molecule has 0 saturated carbocycles.